The Morgan fingerprint density at radius 1 is 1.39 bits per heavy atom. The highest BCUT2D eigenvalue weighted by Crippen LogP contribution is 1.92. The lowest BCUT2D eigenvalue weighted by Gasteiger charge is -2.14. The molecule has 2 N–H and O–H groups in total. The minimum atomic E-state index is -0.143. The summed E-state index contributed by atoms with van der Waals surface area (Å²) in [6.07, 6.45) is 8.85. The van der Waals surface area contributed by atoms with E-state index >= 15 is 0 Å². The van der Waals surface area contributed by atoms with Crippen LogP contribution in [-0.4, -0.2) is 34.6 Å². The highest BCUT2D eigenvalue weighted by Gasteiger charge is 2.10. The Kier molecular flexibility index (Phi) is 7.10. The van der Waals surface area contributed by atoms with Gasteiger partial charge in [0.2, 0.25) is 5.91 Å². The maximum atomic E-state index is 11.7. The van der Waals surface area contributed by atoms with Crippen LogP contribution >= 0.6 is 0 Å². The van der Waals surface area contributed by atoms with Crippen LogP contribution in [0.4, 0.5) is 0 Å². The summed E-state index contributed by atoms with van der Waals surface area (Å²) in [5.74, 6) is 0.0803. The van der Waals surface area contributed by atoms with E-state index in [1.165, 1.54) is 12.8 Å². The van der Waals surface area contributed by atoms with Crippen LogP contribution in [0.25, 0.3) is 0 Å². The minimum absolute atomic E-state index is 0.0803. The van der Waals surface area contributed by atoms with Crippen LogP contribution in [0.2, 0.25) is 0 Å². The van der Waals surface area contributed by atoms with Crippen LogP contribution in [0.15, 0.2) is 18.7 Å². The molecule has 0 saturated heterocycles. The van der Waals surface area contributed by atoms with Gasteiger partial charge in [0.05, 0.1) is 12.4 Å². The maximum absolute atomic E-state index is 11.7. The first-order valence-corrected chi connectivity index (χ1v) is 6.71. The van der Waals surface area contributed by atoms with Crippen LogP contribution in [0.5, 0.6) is 0 Å². The summed E-state index contributed by atoms with van der Waals surface area (Å²) in [5, 5.41) is 6.14. The summed E-state index contributed by atoms with van der Waals surface area (Å²) in [6, 6.07) is -0.143. The fourth-order valence-electron chi connectivity index (χ4n) is 1.66. The summed E-state index contributed by atoms with van der Waals surface area (Å²) in [4.78, 5) is 15.7. The molecular weight excluding hydrogens is 228 g/mol. The third-order valence-corrected chi connectivity index (χ3v) is 2.85. The molecule has 1 aromatic rings. The molecule has 0 saturated carbocycles. The van der Waals surface area contributed by atoms with Crippen molar-refractivity contribution >= 4 is 5.91 Å². The first-order chi connectivity index (χ1) is 8.74. The first kappa shape index (κ1) is 14.7. The molecule has 0 aliphatic rings. The Bertz CT molecular complexity index is 324. The lowest BCUT2D eigenvalue weighted by Crippen LogP contribution is -2.43. The van der Waals surface area contributed by atoms with E-state index in [0.29, 0.717) is 0 Å². The van der Waals surface area contributed by atoms with E-state index in [9.17, 15) is 4.79 Å². The number of imidazole rings is 1. The SMILES string of the molecule is CCCCCNC(=O)C(C)NCCn1ccnc1. The Morgan fingerprint density at radius 3 is 2.89 bits per heavy atom. The summed E-state index contributed by atoms with van der Waals surface area (Å²) >= 11 is 0. The van der Waals surface area contributed by atoms with E-state index in [0.717, 1.165) is 26.1 Å². The highest BCUT2D eigenvalue weighted by atomic mass is 16.2. The fourth-order valence-corrected chi connectivity index (χ4v) is 1.66. The van der Waals surface area contributed by atoms with Crippen LogP contribution in [0.1, 0.15) is 33.1 Å². The molecular formula is C13H24N4O. The molecule has 5 heteroatoms. The lowest BCUT2D eigenvalue weighted by atomic mass is 10.2. The van der Waals surface area contributed by atoms with Gasteiger partial charge in [-0.15, -0.1) is 0 Å². The van der Waals surface area contributed by atoms with Gasteiger partial charge in [-0.3, -0.25) is 4.79 Å². The summed E-state index contributed by atoms with van der Waals surface area (Å²) in [6.45, 7) is 6.42. The molecule has 0 spiro atoms. The molecule has 1 unspecified atom stereocenters. The summed E-state index contributed by atoms with van der Waals surface area (Å²) < 4.78 is 1.98. The predicted octanol–water partition coefficient (Wildman–Crippen LogP) is 1.17. The van der Waals surface area contributed by atoms with Crippen molar-refractivity contribution < 1.29 is 4.79 Å². The number of nitrogens with one attached hydrogen (secondary N) is 2. The zero-order valence-electron chi connectivity index (χ0n) is 11.4. The van der Waals surface area contributed by atoms with Crippen molar-refractivity contribution in [2.45, 2.75) is 45.7 Å². The van der Waals surface area contributed by atoms with Gasteiger partial charge < -0.3 is 15.2 Å². The second kappa shape index (κ2) is 8.69. The quantitative estimate of drug-likeness (QED) is 0.649. The molecule has 1 heterocycles. The molecule has 1 aromatic heterocycles. The van der Waals surface area contributed by atoms with E-state index < -0.39 is 0 Å². The van der Waals surface area contributed by atoms with Gasteiger partial charge in [-0.25, -0.2) is 4.98 Å². The molecule has 0 aliphatic carbocycles. The Morgan fingerprint density at radius 2 is 2.22 bits per heavy atom. The maximum Gasteiger partial charge on any atom is 0.236 e. The van der Waals surface area contributed by atoms with Crippen LogP contribution in [-0.2, 0) is 11.3 Å². The van der Waals surface area contributed by atoms with Gasteiger partial charge >= 0.3 is 0 Å². The van der Waals surface area contributed by atoms with E-state index in [2.05, 4.69) is 22.5 Å². The van der Waals surface area contributed by atoms with Crippen molar-refractivity contribution in [3.05, 3.63) is 18.7 Å². The van der Waals surface area contributed by atoms with E-state index in [1.807, 2.05) is 17.7 Å². The van der Waals surface area contributed by atoms with Crippen LogP contribution in [0, 0.1) is 0 Å². The molecule has 1 amide bonds. The normalized spacial score (nSPS) is 12.3. The number of carbonyl (C=O) groups is 1. The number of unbranched alkanes of at least 4 members (excludes halogenated alkanes) is 2. The standard InChI is InChI=1S/C13H24N4O/c1-3-4-5-6-16-13(18)12(2)15-8-10-17-9-7-14-11-17/h7,9,11-12,15H,3-6,8,10H2,1-2H3,(H,16,18). The Balaban J connectivity index is 2.08. The van der Waals surface area contributed by atoms with Gasteiger partial charge in [0.1, 0.15) is 0 Å². The second-order valence-corrected chi connectivity index (χ2v) is 4.47. The van der Waals surface area contributed by atoms with Crippen molar-refractivity contribution in [1.29, 1.82) is 0 Å². The van der Waals surface area contributed by atoms with Crippen LogP contribution in [0.3, 0.4) is 0 Å². The zero-order valence-corrected chi connectivity index (χ0v) is 11.4. The van der Waals surface area contributed by atoms with Crippen molar-refractivity contribution in [2.75, 3.05) is 13.1 Å². The number of hydrogen-bond donors (Lipinski definition) is 2. The summed E-state index contributed by atoms with van der Waals surface area (Å²) in [7, 11) is 0. The van der Waals surface area contributed by atoms with E-state index in [1.54, 1.807) is 12.5 Å². The number of aromatic nitrogens is 2. The Hall–Kier alpha value is -1.36. The third-order valence-electron chi connectivity index (χ3n) is 2.85. The van der Waals surface area contributed by atoms with E-state index in [4.69, 9.17) is 0 Å². The van der Waals surface area contributed by atoms with Crippen molar-refractivity contribution in [3.63, 3.8) is 0 Å². The molecule has 0 fully saturated rings. The molecule has 5 nitrogen and oxygen atoms in total. The van der Waals surface area contributed by atoms with Crippen molar-refractivity contribution in [2.24, 2.45) is 0 Å². The molecule has 0 bridgehead atoms. The molecule has 0 radical (unpaired) electrons. The second-order valence-electron chi connectivity index (χ2n) is 4.47. The molecule has 0 aliphatic heterocycles. The molecule has 1 rings (SSSR count). The number of rotatable bonds is 9. The molecule has 18 heavy (non-hydrogen) atoms. The predicted molar refractivity (Wildman–Crippen MR) is 72.2 cm³/mol. The highest BCUT2D eigenvalue weighted by molar-refractivity contribution is 5.81. The number of hydrogen-bond acceptors (Lipinski definition) is 3. The topological polar surface area (TPSA) is 59.0 Å². The van der Waals surface area contributed by atoms with Gasteiger partial charge in [0, 0.05) is 32.0 Å². The third kappa shape index (κ3) is 5.82. The monoisotopic (exact) mass is 252 g/mol. The van der Waals surface area contributed by atoms with Crippen molar-refractivity contribution in [1.82, 2.24) is 20.2 Å². The number of nitrogens with zero attached hydrogens (tertiary/aromatic N) is 2. The van der Waals surface area contributed by atoms with Gasteiger partial charge in [0.15, 0.2) is 0 Å². The van der Waals surface area contributed by atoms with Gasteiger partial charge in [0.25, 0.3) is 0 Å². The summed E-state index contributed by atoms with van der Waals surface area (Å²) in [5.41, 5.74) is 0. The first-order valence-electron chi connectivity index (χ1n) is 6.71. The van der Waals surface area contributed by atoms with Gasteiger partial charge in [-0.05, 0) is 13.3 Å². The fraction of sp³-hybridized carbons (Fsp3) is 0.692. The lowest BCUT2D eigenvalue weighted by molar-refractivity contribution is -0.122. The number of carbonyl (C=O) groups excluding carboxylic acids is 1. The minimum Gasteiger partial charge on any atom is -0.355 e. The molecule has 0 aromatic carbocycles. The largest absolute Gasteiger partial charge is 0.355 e. The van der Waals surface area contributed by atoms with Gasteiger partial charge in [-0.2, -0.15) is 0 Å². The average molecular weight is 252 g/mol. The number of amides is 1. The molecule has 102 valence electrons. The zero-order chi connectivity index (χ0) is 13.2. The van der Waals surface area contributed by atoms with E-state index in [-0.39, 0.29) is 11.9 Å². The van der Waals surface area contributed by atoms with Gasteiger partial charge in [-0.1, -0.05) is 19.8 Å². The van der Waals surface area contributed by atoms with Crippen LogP contribution < -0.4 is 10.6 Å². The smallest absolute Gasteiger partial charge is 0.236 e. The molecule has 1 atom stereocenters. The Labute approximate surface area is 109 Å². The van der Waals surface area contributed by atoms with Crippen molar-refractivity contribution in [3.8, 4) is 0 Å². The average Bonchev–Trinajstić information content (AvgIpc) is 2.87.